The molecular formula is C16H14BrNO5. The molecule has 7 heteroatoms. The average Bonchev–Trinajstić information content (AvgIpc) is 2.46. The summed E-state index contributed by atoms with van der Waals surface area (Å²) in [7, 11) is 0. The molecule has 0 radical (unpaired) electrons. The van der Waals surface area contributed by atoms with Crippen molar-refractivity contribution in [1.29, 1.82) is 0 Å². The maximum atomic E-state index is 11.8. The van der Waals surface area contributed by atoms with Crippen LogP contribution < -0.4 is 9.47 Å². The lowest BCUT2D eigenvalue weighted by atomic mass is 10.1. The number of nitrogens with zero attached hydrogens (tertiary/aromatic N) is 1. The van der Waals surface area contributed by atoms with Crippen molar-refractivity contribution in [3.8, 4) is 11.5 Å². The third-order valence-electron chi connectivity index (χ3n) is 3.04. The molecule has 0 aliphatic heterocycles. The highest BCUT2D eigenvalue weighted by atomic mass is 79.9. The molecule has 0 amide bonds. The third kappa shape index (κ3) is 4.53. The lowest BCUT2D eigenvalue weighted by Crippen LogP contribution is -2.18. The first-order valence-electron chi connectivity index (χ1n) is 6.71. The van der Waals surface area contributed by atoms with Crippen LogP contribution in [0.1, 0.15) is 11.1 Å². The normalized spacial score (nSPS) is 10.2. The van der Waals surface area contributed by atoms with Gasteiger partial charge in [0.05, 0.1) is 4.92 Å². The van der Waals surface area contributed by atoms with Crippen molar-refractivity contribution in [3.63, 3.8) is 0 Å². The fraction of sp³-hybridized carbons (Fsp3) is 0.188. The number of carbonyl (C=O) groups excluding carboxylic acids is 1. The Morgan fingerprint density at radius 1 is 1.17 bits per heavy atom. The molecule has 0 aromatic heterocycles. The number of nitro benzene ring substituents is 1. The SMILES string of the molecule is Cc1cc(Br)cc(C)c1OCC(=O)Oc1ccc([N+](=O)[O-])cc1. The van der Waals surface area contributed by atoms with Crippen molar-refractivity contribution in [3.05, 3.63) is 62.1 Å². The van der Waals surface area contributed by atoms with Gasteiger partial charge in [-0.25, -0.2) is 4.79 Å². The Morgan fingerprint density at radius 3 is 2.26 bits per heavy atom. The van der Waals surface area contributed by atoms with E-state index in [-0.39, 0.29) is 18.0 Å². The number of halogens is 1. The Balaban J connectivity index is 1.96. The fourth-order valence-electron chi connectivity index (χ4n) is 2.05. The molecule has 2 aromatic rings. The molecule has 23 heavy (non-hydrogen) atoms. The molecule has 2 rings (SSSR count). The average molecular weight is 380 g/mol. The first-order valence-corrected chi connectivity index (χ1v) is 7.51. The second kappa shape index (κ2) is 7.23. The van der Waals surface area contributed by atoms with Crippen LogP contribution in [0.5, 0.6) is 11.5 Å². The highest BCUT2D eigenvalue weighted by molar-refractivity contribution is 9.10. The van der Waals surface area contributed by atoms with Gasteiger partial charge in [0.1, 0.15) is 11.5 Å². The van der Waals surface area contributed by atoms with Crippen molar-refractivity contribution in [2.75, 3.05) is 6.61 Å². The van der Waals surface area contributed by atoms with E-state index < -0.39 is 10.9 Å². The van der Waals surface area contributed by atoms with Gasteiger partial charge in [-0.2, -0.15) is 0 Å². The Morgan fingerprint density at radius 2 is 1.74 bits per heavy atom. The van der Waals surface area contributed by atoms with Crippen LogP contribution in [0.25, 0.3) is 0 Å². The number of rotatable bonds is 5. The minimum Gasteiger partial charge on any atom is -0.481 e. The zero-order chi connectivity index (χ0) is 17.0. The molecule has 0 atom stereocenters. The molecule has 0 N–H and O–H groups in total. The molecule has 0 fully saturated rings. The summed E-state index contributed by atoms with van der Waals surface area (Å²) in [5.74, 6) is 0.280. The molecule has 0 bridgehead atoms. The molecular weight excluding hydrogens is 366 g/mol. The van der Waals surface area contributed by atoms with Crippen LogP contribution in [-0.4, -0.2) is 17.5 Å². The van der Waals surface area contributed by atoms with Crippen LogP contribution in [0, 0.1) is 24.0 Å². The fourth-order valence-corrected chi connectivity index (χ4v) is 2.74. The van der Waals surface area contributed by atoms with Gasteiger partial charge in [0, 0.05) is 16.6 Å². The van der Waals surface area contributed by atoms with Crippen molar-refractivity contribution >= 4 is 27.6 Å². The Bertz CT molecular complexity index is 720. The predicted octanol–water partition coefficient (Wildman–Crippen LogP) is 3.96. The molecule has 0 heterocycles. The number of hydrogen-bond donors (Lipinski definition) is 0. The van der Waals surface area contributed by atoms with Crippen LogP contribution >= 0.6 is 15.9 Å². The summed E-state index contributed by atoms with van der Waals surface area (Å²) < 4.78 is 11.5. The van der Waals surface area contributed by atoms with E-state index >= 15 is 0 Å². The number of nitro groups is 1. The zero-order valence-corrected chi connectivity index (χ0v) is 14.1. The van der Waals surface area contributed by atoms with Crippen LogP contribution in [0.4, 0.5) is 5.69 Å². The molecule has 6 nitrogen and oxygen atoms in total. The Labute approximate surface area is 141 Å². The molecule has 0 saturated heterocycles. The van der Waals surface area contributed by atoms with Gasteiger partial charge in [-0.1, -0.05) is 15.9 Å². The summed E-state index contributed by atoms with van der Waals surface area (Å²) in [5.41, 5.74) is 1.74. The summed E-state index contributed by atoms with van der Waals surface area (Å²) in [5, 5.41) is 10.6. The van der Waals surface area contributed by atoms with Crippen molar-refractivity contribution in [2.24, 2.45) is 0 Å². The summed E-state index contributed by atoms with van der Waals surface area (Å²) >= 11 is 3.39. The van der Waals surface area contributed by atoms with E-state index in [1.54, 1.807) is 0 Å². The van der Waals surface area contributed by atoms with Gasteiger partial charge >= 0.3 is 5.97 Å². The van der Waals surface area contributed by atoms with Crippen LogP contribution in [-0.2, 0) is 4.79 Å². The lowest BCUT2D eigenvalue weighted by molar-refractivity contribution is -0.384. The zero-order valence-electron chi connectivity index (χ0n) is 12.5. The highest BCUT2D eigenvalue weighted by Crippen LogP contribution is 2.27. The van der Waals surface area contributed by atoms with Gasteiger partial charge in [-0.15, -0.1) is 0 Å². The molecule has 0 spiro atoms. The van der Waals surface area contributed by atoms with Gasteiger partial charge in [0.25, 0.3) is 5.69 Å². The summed E-state index contributed by atoms with van der Waals surface area (Å²) in [6, 6.07) is 9.06. The maximum Gasteiger partial charge on any atom is 0.349 e. The van der Waals surface area contributed by atoms with E-state index in [9.17, 15) is 14.9 Å². The van der Waals surface area contributed by atoms with E-state index in [1.165, 1.54) is 24.3 Å². The van der Waals surface area contributed by atoms with E-state index in [1.807, 2.05) is 26.0 Å². The number of carbonyl (C=O) groups is 1. The smallest absolute Gasteiger partial charge is 0.349 e. The third-order valence-corrected chi connectivity index (χ3v) is 3.50. The molecule has 0 saturated carbocycles. The van der Waals surface area contributed by atoms with E-state index in [2.05, 4.69) is 15.9 Å². The van der Waals surface area contributed by atoms with E-state index in [0.29, 0.717) is 5.75 Å². The van der Waals surface area contributed by atoms with Crippen LogP contribution in [0.2, 0.25) is 0 Å². The quantitative estimate of drug-likeness (QED) is 0.340. The van der Waals surface area contributed by atoms with Gasteiger partial charge < -0.3 is 9.47 Å². The number of ether oxygens (including phenoxy) is 2. The standard InChI is InChI=1S/C16H14BrNO5/c1-10-7-12(17)8-11(2)16(10)22-9-15(19)23-14-5-3-13(4-6-14)18(20)21/h3-8H,9H2,1-2H3. The number of hydrogen-bond acceptors (Lipinski definition) is 5. The van der Waals surface area contributed by atoms with Crippen molar-refractivity contribution in [2.45, 2.75) is 13.8 Å². The van der Waals surface area contributed by atoms with Crippen LogP contribution in [0.3, 0.4) is 0 Å². The number of aryl methyl sites for hydroxylation is 2. The Kier molecular flexibility index (Phi) is 5.33. The summed E-state index contributed by atoms with van der Waals surface area (Å²) in [4.78, 5) is 21.8. The lowest BCUT2D eigenvalue weighted by Gasteiger charge is -2.12. The molecule has 0 aliphatic rings. The highest BCUT2D eigenvalue weighted by Gasteiger charge is 2.11. The van der Waals surface area contributed by atoms with Crippen molar-refractivity contribution in [1.82, 2.24) is 0 Å². The molecule has 0 aliphatic carbocycles. The minimum absolute atomic E-state index is 0.0674. The number of non-ortho nitro benzene ring substituents is 1. The van der Waals surface area contributed by atoms with Crippen molar-refractivity contribution < 1.29 is 19.2 Å². The molecule has 0 unspecified atom stereocenters. The second-order valence-electron chi connectivity index (χ2n) is 4.88. The van der Waals surface area contributed by atoms with Crippen LogP contribution in [0.15, 0.2) is 40.9 Å². The van der Waals surface area contributed by atoms with Gasteiger partial charge in [0.2, 0.25) is 0 Å². The topological polar surface area (TPSA) is 78.7 Å². The number of benzene rings is 2. The van der Waals surface area contributed by atoms with Gasteiger partial charge in [0.15, 0.2) is 6.61 Å². The monoisotopic (exact) mass is 379 g/mol. The Hall–Kier alpha value is -2.41. The minimum atomic E-state index is -0.583. The summed E-state index contributed by atoms with van der Waals surface area (Å²) in [6.07, 6.45) is 0. The van der Waals surface area contributed by atoms with E-state index in [4.69, 9.17) is 9.47 Å². The first kappa shape index (κ1) is 17.0. The van der Waals surface area contributed by atoms with Gasteiger partial charge in [-0.05, 0) is 49.2 Å². The van der Waals surface area contributed by atoms with Gasteiger partial charge in [-0.3, -0.25) is 10.1 Å². The first-order chi connectivity index (χ1) is 10.9. The second-order valence-corrected chi connectivity index (χ2v) is 5.80. The molecule has 2 aromatic carbocycles. The maximum absolute atomic E-state index is 11.8. The number of esters is 1. The summed E-state index contributed by atoms with van der Waals surface area (Å²) in [6.45, 7) is 3.52. The largest absolute Gasteiger partial charge is 0.481 e. The molecule has 120 valence electrons. The predicted molar refractivity (Wildman–Crippen MR) is 87.8 cm³/mol. The van der Waals surface area contributed by atoms with E-state index in [0.717, 1.165) is 15.6 Å².